The van der Waals surface area contributed by atoms with Crippen molar-refractivity contribution in [3.05, 3.63) is 33.9 Å². The van der Waals surface area contributed by atoms with Gasteiger partial charge in [-0.05, 0) is 18.1 Å². The zero-order valence-corrected chi connectivity index (χ0v) is 7.99. The van der Waals surface area contributed by atoms with Crippen LogP contribution in [0.4, 0.5) is 11.4 Å². The van der Waals surface area contributed by atoms with Crippen molar-refractivity contribution in [1.82, 2.24) is 0 Å². The topological polar surface area (TPSA) is 55.2 Å². The van der Waals surface area contributed by atoms with Gasteiger partial charge in [-0.15, -0.1) is 0 Å². The smallest absolute Gasteiger partial charge is 0.269 e. The van der Waals surface area contributed by atoms with Crippen LogP contribution in [-0.2, 0) is 0 Å². The molecule has 0 bridgehead atoms. The predicted octanol–water partition coefficient (Wildman–Crippen LogP) is 2.51. The molecule has 1 aliphatic rings. The molecule has 2 rings (SSSR count). The monoisotopic (exact) mass is 192 g/mol. The fraction of sp³-hybridized carbons (Fsp3) is 0.400. The van der Waals surface area contributed by atoms with Crippen LogP contribution in [0.3, 0.4) is 0 Å². The maximum atomic E-state index is 10.6. The molecule has 0 unspecified atom stereocenters. The molecule has 0 saturated carbocycles. The number of fused-ring (bicyclic) bond motifs is 1. The third-order valence-electron chi connectivity index (χ3n) is 2.72. The number of non-ortho nitro benzene ring substituents is 1. The summed E-state index contributed by atoms with van der Waals surface area (Å²) in [5, 5.41) is 13.8. The van der Waals surface area contributed by atoms with E-state index in [4.69, 9.17) is 0 Å². The molecule has 74 valence electrons. The lowest BCUT2D eigenvalue weighted by atomic mass is 9.98. The number of nitro groups is 1. The van der Waals surface area contributed by atoms with E-state index in [9.17, 15) is 10.1 Å². The van der Waals surface area contributed by atoms with Crippen molar-refractivity contribution in [2.24, 2.45) is 0 Å². The summed E-state index contributed by atoms with van der Waals surface area (Å²) in [5.41, 5.74) is 2.31. The first kappa shape index (κ1) is 8.99. The molecule has 4 nitrogen and oxygen atoms in total. The van der Waals surface area contributed by atoms with Gasteiger partial charge in [0.05, 0.1) is 4.92 Å². The average Bonchev–Trinajstić information content (AvgIpc) is 2.59. The standard InChI is InChI=1S/C10H12N2O2/c1-2-7-6-11-10-4-3-8(12(13)14)5-9(7)10/h3-5,7,11H,2,6H2,1H3/t7-/m0/s1. The number of anilines is 1. The molecule has 0 amide bonds. The van der Waals surface area contributed by atoms with Gasteiger partial charge in [-0.2, -0.15) is 0 Å². The Balaban J connectivity index is 2.42. The lowest BCUT2D eigenvalue weighted by Crippen LogP contribution is -1.99. The fourth-order valence-electron chi connectivity index (χ4n) is 1.87. The molecule has 1 atom stereocenters. The van der Waals surface area contributed by atoms with Gasteiger partial charge in [-0.1, -0.05) is 6.92 Å². The van der Waals surface area contributed by atoms with Gasteiger partial charge in [0.25, 0.3) is 5.69 Å². The van der Waals surface area contributed by atoms with Crippen LogP contribution in [0, 0.1) is 10.1 Å². The van der Waals surface area contributed by atoms with E-state index in [-0.39, 0.29) is 10.6 Å². The molecular formula is C10H12N2O2. The SMILES string of the molecule is CC[C@H]1CNc2ccc([N+](=O)[O-])cc21. The molecule has 1 aliphatic heterocycles. The number of nitrogens with one attached hydrogen (secondary N) is 1. The van der Waals surface area contributed by atoms with Gasteiger partial charge in [-0.3, -0.25) is 10.1 Å². The zero-order valence-electron chi connectivity index (χ0n) is 7.99. The Morgan fingerprint density at radius 3 is 3.07 bits per heavy atom. The molecule has 0 aliphatic carbocycles. The van der Waals surface area contributed by atoms with Gasteiger partial charge in [0.2, 0.25) is 0 Å². The lowest BCUT2D eigenvalue weighted by molar-refractivity contribution is -0.384. The van der Waals surface area contributed by atoms with Crippen molar-refractivity contribution in [1.29, 1.82) is 0 Å². The highest BCUT2D eigenvalue weighted by Crippen LogP contribution is 2.35. The maximum Gasteiger partial charge on any atom is 0.269 e. The van der Waals surface area contributed by atoms with Gasteiger partial charge in [0, 0.05) is 30.3 Å². The van der Waals surface area contributed by atoms with E-state index in [1.54, 1.807) is 18.2 Å². The normalized spacial score (nSPS) is 18.8. The minimum atomic E-state index is -0.342. The number of benzene rings is 1. The third kappa shape index (κ3) is 1.32. The van der Waals surface area contributed by atoms with Crippen LogP contribution >= 0.6 is 0 Å². The summed E-state index contributed by atoms with van der Waals surface area (Å²) in [6.45, 7) is 2.99. The van der Waals surface area contributed by atoms with Crippen molar-refractivity contribution in [3.8, 4) is 0 Å². The second-order valence-corrected chi connectivity index (χ2v) is 3.51. The van der Waals surface area contributed by atoms with Crippen LogP contribution in [0.2, 0.25) is 0 Å². The highest BCUT2D eigenvalue weighted by molar-refractivity contribution is 5.61. The van der Waals surface area contributed by atoms with Gasteiger partial charge in [-0.25, -0.2) is 0 Å². The molecule has 1 aromatic rings. The molecule has 0 aromatic heterocycles. The first-order chi connectivity index (χ1) is 6.72. The fourth-order valence-corrected chi connectivity index (χ4v) is 1.87. The van der Waals surface area contributed by atoms with Crippen molar-refractivity contribution >= 4 is 11.4 Å². The van der Waals surface area contributed by atoms with Crippen molar-refractivity contribution < 1.29 is 4.92 Å². The van der Waals surface area contributed by atoms with Crippen LogP contribution in [0.5, 0.6) is 0 Å². The number of hydrogen-bond donors (Lipinski definition) is 1. The minimum absolute atomic E-state index is 0.186. The Morgan fingerprint density at radius 2 is 2.43 bits per heavy atom. The summed E-state index contributed by atoms with van der Waals surface area (Å²) in [6.07, 6.45) is 1.02. The molecule has 1 aromatic carbocycles. The Hall–Kier alpha value is -1.58. The van der Waals surface area contributed by atoms with E-state index in [2.05, 4.69) is 12.2 Å². The molecule has 0 spiro atoms. The van der Waals surface area contributed by atoms with E-state index >= 15 is 0 Å². The highest BCUT2D eigenvalue weighted by atomic mass is 16.6. The second kappa shape index (κ2) is 3.29. The van der Waals surface area contributed by atoms with E-state index in [0.717, 1.165) is 24.2 Å². The van der Waals surface area contributed by atoms with Crippen molar-refractivity contribution in [2.45, 2.75) is 19.3 Å². The molecule has 1 heterocycles. The number of rotatable bonds is 2. The van der Waals surface area contributed by atoms with Crippen LogP contribution < -0.4 is 5.32 Å². The number of nitrogens with zero attached hydrogens (tertiary/aromatic N) is 1. The molecule has 0 fully saturated rings. The van der Waals surface area contributed by atoms with Crippen LogP contribution in [-0.4, -0.2) is 11.5 Å². The van der Waals surface area contributed by atoms with E-state index in [1.165, 1.54) is 0 Å². The summed E-state index contributed by atoms with van der Waals surface area (Å²) < 4.78 is 0. The second-order valence-electron chi connectivity index (χ2n) is 3.51. The number of hydrogen-bond acceptors (Lipinski definition) is 3. The summed E-state index contributed by atoms with van der Waals surface area (Å²) in [4.78, 5) is 10.2. The predicted molar refractivity (Wildman–Crippen MR) is 54.6 cm³/mol. The van der Waals surface area contributed by atoms with E-state index < -0.39 is 0 Å². The van der Waals surface area contributed by atoms with Gasteiger partial charge in [0.15, 0.2) is 0 Å². The average molecular weight is 192 g/mol. The molecule has 1 N–H and O–H groups in total. The van der Waals surface area contributed by atoms with E-state index in [1.807, 2.05) is 0 Å². The molecule has 0 radical (unpaired) electrons. The first-order valence-corrected chi connectivity index (χ1v) is 4.74. The Morgan fingerprint density at radius 1 is 1.64 bits per heavy atom. The Kier molecular flexibility index (Phi) is 2.11. The van der Waals surface area contributed by atoms with Crippen molar-refractivity contribution in [3.63, 3.8) is 0 Å². The van der Waals surface area contributed by atoms with Crippen LogP contribution in [0.15, 0.2) is 18.2 Å². The zero-order chi connectivity index (χ0) is 10.1. The third-order valence-corrected chi connectivity index (χ3v) is 2.72. The van der Waals surface area contributed by atoms with Gasteiger partial charge < -0.3 is 5.32 Å². The van der Waals surface area contributed by atoms with Gasteiger partial charge in [0.1, 0.15) is 0 Å². The van der Waals surface area contributed by atoms with Crippen LogP contribution in [0.25, 0.3) is 0 Å². The largest absolute Gasteiger partial charge is 0.384 e. The molecule has 14 heavy (non-hydrogen) atoms. The first-order valence-electron chi connectivity index (χ1n) is 4.74. The molecule has 0 saturated heterocycles. The Bertz CT molecular complexity index is 376. The molecule has 4 heteroatoms. The van der Waals surface area contributed by atoms with Crippen molar-refractivity contribution in [2.75, 3.05) is 11.9 Å². The maximum absolute atomic E-state index is 10.6. The summed E-state index contributed by atoms with van der Waals surface area (Å²) in [5.74, 6) is 0.421. The highest BCUT2D eigenvalue weighted by Gasteiger charge is 2.22. The summed E-state index contributed by atoms with van der Waals surface area (Å²) in [6, 6.07) is 5.02. The van der Waals surface area contributed by atoms with Crippen LogP contribution in [0.1, 0.15) is 24.8 Å². The Labute approximate surface area is 82.1 Å². The quantitative estimate of drug-likeness (QED) is 0.578. The summed E-state index contributed by atoms with van der Waals surface area (Å²) in [7, 11) is 0. The van der Waals surface area contributed by atoms with Gasteiger partial charge >= 0.3 is 0 Å². The summed E-state index contributed by atoms with van der Waals surface area (Å²) >= 11 is 0. The van der Waals surface area contributed by atoms with E-state index in [0.29, 0.717) is 5.92 Å². The lowest BCUT2D eigenvalue weighted by Gasteiger charge is -2.04. The molecular weight excluding hydrogens is 180 g/mol. The minimum Gasteiger partial charge on any atom is -0.384 e. The number of nitro benzene ring substituents is 1.